The fourth-order valence-corrected chi connectivity index (χ4v) is 1.75. The molecule has 0 aliphatic heterocycles. The van der Waals surface area contributed by atoms with E-state index in [2.05, 4.69) is 41.3 Å². The van der Waals surface area contributed by atoms with Gasteiger partial charge in [0.2, 0.25) is 0 Å². The number of rotatable bonds is 2. The van der Waals surface area contributed by atoms with Crippen LogP contribution < -0.4 is 5.30 Å². The standard InChI is InChI=1S/C10H13P/c1-3-8-6-5-7-10(11)9(8)4-2/h5-7H,3-4H2,1-2H3. The quantitative estimate of drug-likeness (QED) is 0.589. The molecule has 0 saturated carbocycles. The maximum Gasteiger partial charge on any atom is -0.00532 e. The summed E-state index contributed by atoms with van der Waals surface area (Å²) in [6.45, 7) is 4.36. The van der Waals surface area contributed by atoms with Gasteiger partial charge in [-0.25, -0.2) is 0 Å². The molecule has 0 N–H and O–H groups in total. The predicted molar refractivity (Wildman–Crippen MR) is 51.8 cm³/mol. The van der Waals surface area contributed by atoms with Crippen molar-refractivity contribution in [2.75, 3.05) is 0 Å². The Morgan fingerprint density at radius 1 is 1.18 bits per heavy atom. The molecule has 0 nitrogen and oxygen atoms in total. The number of hydrogen-bond donors (Lipinski definition) is 0. The van der Waals surface area contributed by atoms with Crippen LogP contribution in [0.5, 0.6) is 0 Å². The molecule has 0 spiro atoms. The molecule has 2 radical (unpaired) electrons. The summed E-state index contributed by atoms with van der Waals surface area (Å²) in [5.41, 5.74) is 2.83. The van der Waals surface area contributed by atoms with Crippen LogP contribution >= 0.6 is 9.24 Å². The minimum atomic E-state index is 1.09. The SMILES string of the molecule is CCc1cccc([P])c1CC. The molecule has 0 unspecified atom stereocenters. The van der Waals surface area contributed by atoms with Gasteiger partial charge in [-0.1, -0.05) is 32.0 Å². The van der Waals surface area contributed by atoms with Crippen molar-refractivity contribution in [3.63, 3.8) is 0 Å². The van der Waals surface area contributed by atoms with Crippen LogP contribution in [0.1, 0.15) is 25.0 Å². The van der Waals surface area contributed by atoms with Gasteiger partial charge < -0.3 is 0 Å². The second-order valence-electron chi connectivity index (χ2n) is 2.62. The molecule has 0 aliphatic carbocycles. The van der Waals surface area contributed by atoms with Gasteiger partial charge in [0.25, 0.3) is 0 Å². The van der Waals surface area contributed by atoms with Crippen molar-refractivity contribution in [3.8, 4) is 0 Å². The predicted octanol–water partition coefficient (Wildman–Crippen LogP) is 2.85. The van der Waals surface area contributed by atoms with E-state index in [-0.39, 0.29) is 0 Å². The van der Waals surface area contributed by atoms with E-state index < -0.39 is 0 Å². The molecule has 1 aromatic carbocycles. The van der Waals surface area contributed by atoms with E-state index in [1.54, 1.807) is 0 Å². The zero-order valence-corrected chi connectivity index (χ0v) is 7.99. The Hall–Kier alpha value is -0.350. The maximum absolute atomic E-state index is 4.40. The number of hydrogen-bond acceptors (Lipinski definition) is 0. The molecule has 0 atom stereocenters. The highest BCUT2D eigenvalue weighted by Crippen LogP contribution is 2.10. The number of aryl methyl sites for hydroxylation is 1. The van der Waals surface area contributed by atoms with Gasteiger partial charge in [0.1, 0.15) is 0 Å². The summed E-state index contributed by atoms with van der Waals surface area (Å²) in [5.74, 6) is 0. The van der Waals surface area contributed by atoms with Crippen molar-refractivity contribution in [1.29, 1.82) is 0 Å². The Labute approximate surface area is 71.2 Å². The fraction of sp³-hybridized carbons (Fsp3) is 0.400. The van der Waals surface area contributed by atoms with E-state index in [9.17, 15) is 0 Å². The van der Waals surface area contributed by atoms with E-state index in [0.717, 1.165) is 18.1 Å². The van der Waals surface area contributed by atoms with Crippen molar-refractivity contribution in [3.05, 3.63) is 29.3 Å². The normalized spacial score (nSPS) is 10.1. The van der Waals surface area contributed by atoms with Crippen LogP contribution in [0.3, 0.4) is 0 Å². The second kappa shape index (κ2) is 3.88. The van der Waals surface area contributed by atoms with Crippen molar-refractivity contribution in [2.24, 2.45) is 0 Å². The van der Waals surface area contributed by atoms with Gasteiger partial charge >= 0.3 is 0 Å². The Kier molecular flexibility index (Phi) is 3.08. The molecule has 0 aliphatic rings. The van der Waals surface area contributed by atoms with Gasteiger partial charge in [0, 0.05) is 0 Å². The van der Waals surface area contributed by atoms with Crippen molar-refractivity contribution >= 4 is 14.5 Å². The monoisotopic (exact) mass is 164 g/mol. The molecule has 0 saturated heterocycles. The molecule has 1 heteroatoms. The van der Waals surface area contributed by atoms with Gasteiger partial charge in [0.05, 0.1) is 0 Å². The molecule has 0 aromatic heterocycles. The molecule has 1 rings (SSSR count). The largest absolute Gasteiger partial charge is 0.0613 e. The first-order valence-electron chi connectivity index (χ1n) is 4.09. The lowest BCUT2D eigenvalue weighted by Crippen LogP contribution is -2.04. The molecule has 0 bridgehead atoms. The molecule has 0 fully saturated rings. The smallest absolute Gasteiger partial charge is 0.00532 e. The van der Waals surface area contributed by atoms with Gasteiger partial charge in [0.15, 0.2) is 0 Å². The minimum Gasteiger partial charge on any atom is -0.0613 e. The third kappa shape index (κ3) is 1.81. The van der Waals surface area contributed by atoms with Gasteiger partial charge in [-0.15, -0.1) is 0 Å². The summed E-state index contributed by atoms with van der Waals surface area (Å²) in [5, 5.41) is 1.13. The third-order valence-corrected chi connectivity index (χ3v) is 2.40. The zero-order valence-electron chi connectivity index (χ0n) is 7.09. The lowest BCUT2D eigenvalue weighted by Gasteiger charge is -2.07. The lowest BCUT2D eigenvalue weighted by atomic mass is 10.0. The Morgan fingerprint density at radius 2 is 1.91 bits per heavy atom. The average Bonchev–Trinajstić information content (AvgIpc) is 2.04. The molecule has 11 heavy (non-hydrogen) atoms. The fourth-order valence-electron chi connectivity index (χ4n) is 1.36. The van der Waals surface area contributed by atoms with Gasteiger partial charge in [-0.2, -0.15) is 0 Å². The molecule has 0 amide bonds. The zero-order chi connectivity index (χ0) is 8.27. The minimum absolute atomic E-state index is 1.09. The van der Waals surface area contributed by atoms with Crippen LogP contribution in [0.4, 0.5) is 0 Å². The van der Waals surface area contributed by atoms with E-state index in [1.807, 2.05) is 0 Å². The average molecular weight is 164 g/mol. The van der Waals surface area contributed by atoms with Gasteiger partial charge in [-0.3, -0.25) is 0 Å². The molecular weight excluding hydrogens is 151 g/mol. The summed E-state index contributed by atoms with van der Waals surface area (Å²) in [6.07, 6.45) is 2.19. The van der Waals surface area contributed by atoms with Crippen LogP contribution in [-0.4, -0.2) is 0 Å². The highest BCUT2D eigenvalue weighted by Gasteiger charge is 2.00. The molecule has 1 aromatic rings. The van der Waals surface area contributed by atoms with Crippen LogP contribution in [0.2, 0.25) is 0 Å². The van der Waals surface area contributed by atoms with Crippen molar-refractivity contribution in [2.45, 2.75) is 26.7 Å². The van der Waals surface area contributed by atoms with Crippen LogP contribution in [0.15, 0.2) is 18.2 Å². The van der Waals surface area contributed by atoms with Gasteiger partial charge in [-0.05, 0) is 38.5 Å². The van der Waals surface area contributed by atoms with E-state index in [0.29, 0.717) is 0 Å². The first-order valence-corrected chi connectivity index (χ1v) is 4.54. The van der Waals surface area contributed by atoms with Crippen molar-refractivity contribution < 1.29 is 0 Å². The lowest BCUT2D eigenvalue weighted by molar-refractivity contribution is 1.05. The Morgan fingerprint density at radius 3 is 2.36 bits per heavy atom. The van der Waals surface area contributed by atoms with Crippen LogP contribution in [0, 0.1) is 0 Å². The number of benzene rings is 1. The molecule has 58 valence electrons. The molecule has 0 heterocycles. The Balaban J connectivity index is 3.13. The van der Waals surface area contributed by atoms with E-state index >= 15 is 0 Å². The highest BCUT2D eigenvalue weighted by atomic mass is 31.0. The van der Waals surface area contributed by atoms with Crippen LogP contribution in [0.25, 0.3) is 0 Å². The second-order valence-corrected chi connectivity index (χ2v) is 3.10. The summed E-state index contributed by atoms with van der Waals surface area (Å²) < 4.78 is 0. The summed E-state index contributed by atoms with van der Waals surface area (Å²) in [7, 11) is 4.40. The highest BCUT2D eigenvalue weighted by molar-refractivity contribution is 7.27. The summed E-state index contributed by atoms with van der Waals surface area (Å²) >= 11 is 0. The first-order chi connectivity index (χ1) is 5.29. The maximum atomic E-state index is 4.40. The molecular formula is C10H13P. The van der Waals surface area contributed by atoms with Crippen LogP contribution in [-0.2, 0) is 12.8 Å². The first kappa shape index (κ1) is 8.74. The third-order valence-electron chi connectivity index (χ3n) is 1.98. The Bertz CT molecular complexity index is 241. The van der Waals surface area contributed by atoms with E-state index in [4.69, 9.17) is 0 Å². The summed E-state index contributed by atoms with van der Waals surface area (Å²) in [6, 6.07) is 6.31. The van der Waals surface area contributed by atoms with Crippen molar-refractivity contribution in [1.82, 2.24) is 0 Å². The summed E-state index contributed by atoms with van der Waals surface area (Å²) in [4.78, 5) is 0. The topological polar surface area (TPSA) is 0 Å². The van der Waals surface area contributed by atoms with E-state index in [1.165, 1.54) is 11.1 Å².